The minimum atomic E-state index is -0.473. The van der Waals surface area contributed by atoms with Crippen molar-refractivity contribution in [1.82, 2.24) is 9.55 Å². The number of benzene rings is 1. The van der Waals surface area contributed by atoms with Crippen molar-refractivity contribution in [1.29, 1.82) is 0 Å². The van der Waals surface area contributed by atoms with Crippen LogP contribution in [0.25, 0.3) is 0 Å². The number of hydrogen-bond donors (Lipinski definition) is 1. The van der Waals surface area contributed by atoms with E-state index in [4.69, 9.17) is 9.47 Å². The highest BCUT2D eigenvalue weighted by Crippen LogP contribution is 2.10. The molecule has 0 spiro atoms. The fraction of sp³-hybridized carbons (Fsp3) is 0.333. The standard InChI is InChI=1S/C15H18N2O4/c1-11-3-5-13(6-4-11)21-8-7-20-10-17-12(2)9-14(18)16-15(17)19/h3-6,9H,7-8,10H2,1-2H3,(H,16,18,19). The molecule has 0 unspecified atom stereocenters. The zero-order valence-electron chi connectivity index (χ0n) is 12.1. The van der Waals surface area contributed by atoms with E-state index in [0.717, 1.165) is 5.75 Å². The van der Waals surface area contributed by atoms with Crippen molar-refractivity contribution >= 4 is 0 Å². The molecule has 0 aliphatic rings. The Morgan fingerprint density at radius 1 is 1.10 bits per heavy atom. The third-order valence-electron chi connectivity index (χ3n) is 2.98. The first kappa shape index (κ1) is 15.1. The molecule has 1 heterocycles. The highest BCUT2D eigenvalue weighted by Gasteiger charge is 2.01. The van der Waals surface area contributed by atoms with Crippen LogP contribution in [0.3, 0.4) is 0 Å². The van der Waals surface area contributed by atoms with E-state index in [2.05, 4.69) is 4.98 Å². The van der Waals surface area contributed by atoms with E-state index < -0.39 is 11.2 Å². The SMILES string of the molecule is Cc1ccc(OCCOCn2c(C)cc(=O)[nH]c2=O)cc1. The number of ether oxygens (including phenoxy) is 2. The summed E-state index contributed by atoms with van der Waals surface area (Å²) in [6, 6.07) is 9.09. The van der Waals surface area contributed by atoms with E-state index in [0.29, 0.717) is 18.9 Å². The summed E-state index contributed by atoms with van der Waals surface area (Å²) in [6.45, 7) is 4.51. The lowest BCUT2D eigenvalue weighted by molar-refractivity contribution is 0.0501. The average molecular weight is 290 g/mol. The van der Waals surface area contributed by atoms with Gasteiger partial charge < -0.3 is 9.47 Å². The molecule has 2 rings (SSSR count). The molecule has 1 N–H and O–H groups in total. The van der Waals surface area contributed by atoms with Crippen LogP contribution in [-0.4, -0.2) is 22.8 Å². The largest absolute Gasteiger partial charge is 0.491 e. The van der Waals surface area contributed by atoms with Gasteiger partial charge in [0.2, 0.25) is 0 Å². The zero-order valence-corrected chi connectivity index (χ0v) is 12.1. The second-order valence-corrected chi connectivity index (χ2v) is 4.71. The van der Waals surface area contributed by atoms with Gasteiger partial charge in [-0.3, -0.25) is 14.3 Å². The number of hydrogen-bond acceptors (Lipinski definition) is 4. The highest BCUT2D eigenvalue weighted by atomic mass is 16.5. The smallest absolute Gasteiger partial charge is 0.330 e. The van der Waals surface area contributed by atoms with Gasteiger partial charge in [0.1, 0.15) is 19.1 Å². The molecule has 6 heteroatoms. The van der Waals surface area contributed by atoms with E-state index >= 15 is 0 Å². The molecular weight excluding hydrogens is 272 g/mol. The van der Waals surface area contributed by atoms with Crippen LogP contribution >= 0.6 is 0 Å². The summed E-state index contributed by atoms with van der Waals surface area (Å²) < 4.78 is 12.2. The Kier molecular flexibility index (Phi) is 4.94. The minimum Gasteiger partial charge on any atom is -0.491 e. The first-order valence-corrected chi connectivity index (χ1v) is 6.64. The number of rotatable bonds is 6. The molecule has 0 aliphatic heterocycles. The van der Waals surface area contributed by atoms with E-state index in [1.807, 2.05) is 31.2 Å². The van der Waals surface area contributed by atoms with E-state index in [-0.39, 0.29) is 6.73 Å². The molecule has 0 bridgehead atoms. The van der Waals surface area contributed by atoms with Gasteiger partial charge in [-0.2, -0.15) is 0 Å². The lowest BCUT2D eigenvalue weighted by Gasteiger charge is -2.10. The molecule has 6 nitrogen and oxygen atoms in total. The van der Waals surface area contributed by atoms with Gasteiger partial charge in [-0.05, 0) is 26.0 Å². The second-order valence-electron chi connectivity index (χ2n) is 4.71. The van der Waals surface area contributed by atoms with Gasteiger partial charge >= 0.3 is 5.69 Å². The number of H-pyrrole nitrogens is 1. The van der Waals surface area contributed by atoms with Gasteiger partial charge in [0.25, 0.3) is 5.56 Å². The summed E-state index contributed by atoms with van der Waals surface area (Å²) in [5, 5.41) is 0. The average Bonchev–Trinajstić information content (AvgIpc) is 2.43. The first-order valence-electron chi connectivity index (χ1n) is 6.64. The van der Waals surface area contributed by atoms with Crippen molar-refractivity contribution in [2.45, 2.75) is 20.6 Å². The normalized spacial score (nSPS) is 10.6. The molecule has 0 aliphatic carbocycles. The van der Waals surface area contributed by atoms with E-state index in [1.54, 1.807) is 6.92 Å². The van der Waals surface area contributed by atoms with Crippen LogP contribution in [0.15, 0.2) is 39.9 Å². The van der Waals surface area contributed by atoms with Crippen LogP contribution in [0.4, 0.5) is 0 Å². The predicted molar refractivity (Wildman–Crippen MR) is 78.7 cm³/mol. The fourth-order valence-electron chi connectivity index (χ4n) is 1.81. The molecule has 21 heavy (non-hydrogen) atoms. The van der Waals surface area contributed by atoms with E-state index in [9.17, 15) is 9.59 Å². The Morgan fingerprint density at radius 2 is 1.81 bits per heavy atom. The van der Waals surface area contributed by atoms with Gasteiger partial charge in [0.05, 0.1) is 6.61 Å². The molecule has 0 fully saturated rings. The molecule has 1 aromatic carbocycles. The van der Waals surface area contributed by atoms with Gasteiger partial charge in [-0.1, -0.05) is 17.7 Å². The van der Waals surface area contributed by atoms with Crippen LogP contribution in [0.5, 0.6) is 5.75 Å². The van der Waals surface area contributed by atoms with Crippen molar-refractivity contribution in [3.05, 3.63) is 62.4 Å². The van der Waals surface area contributed by atoms with Crippen molar-refractivity contribution in [2.24, 2.45) is 0 Å². The van der Waals surface area contributed by atoms with Crippen molar-refractivity contribution in [3.63, 3.8) is 0 Å². The maximum Gasteiger partial charge on any atom is 0.330 e. The third kappa shape index (κ3) is 4.32. The Balaban J connectivity index is 1.79. The summed E-state index contributed by atoms with van der Waals surface area (Å²) in [7, 11) is 0. The third-order valence-corrected chi connectivity index (χ3v) is 2.98. The second kappa shape index (κ2) is 6.90. The molecular formula is C15H18N2O4. The van der Waals surface area contributed by atoms with Crippen LogP contribution in [0, 0.1) is 13.8 Å². The molecule has 0 saturated carbocycles. The Labute approximate surface area is 122 Å². The van der Waals surface area contributed by atoms with Crippen molar-refractivity contribution in [2.75, 3.05) is 13.2 Å². The summed E-state index contributed by atoms with van der Waals surface area (Å²) in [6.07, 6.45) is 0. The van der Waals surface area contributed by atoms with Crippen molar-refractivity contribution < 1.29 is 9.47 Å². The molecule has 0 radical (unpaired) electrons. The summed E-state index contributed by atoms with van der Waals surface area (Å²) in [5.41, 5.74) is 0.852. The number of aryl methyl sites for hydroxylation is 2. The van der Waals surface area contributed by atoms with Gasteiger partial charge in [0, 0.05) is 11.8 Å². The molecule has 0 atom stereocenters. The number of nitrogens with one attached hydrogen (secondary N) is 1. The quantitative estimate of drug-likeness (QED) is 0.811. The number of aromatic amines is 1. The molecule has 2 aromatic rings. The highest BCUT2D eigenvalue weighted by molar-refractivity contribution is 5.26. The molecule has 0 saturated heterocycles. The van der Waals surface area contributed by atoms with Crippen LogP contribution in [0.1, 0.15) is 11.3 Å². The monoisotopic (exact) mass is 290 g/mol. The molecule has 112 valence electrons. The lowest BCUT2D eigenvalue weighted by Crippen LogP contribution is -2.32. The van der Waals surface area contributed by atoms with Gasteiger partial charge in [0.15, 0.2) is 0 Å². The maximum atomic E-state index is 11.6. The summed E-state index contributed by atoms with van der Waals surface area (Å²) >= 11 is 0. The Bertz CT molecular complexity index is 701. The summed E-state index contributed by atoms with van der Waals surface area (Å²) in [4.78, 5) is 24.9. The summed E-state index contributed by atoms with van der Waals surface area (Å²) in [5.74, 6) is 0.779. The maximum absolute atomic E-state index is 11.6. The van der Waals surface area contributed by atoms with Crippen LogP contribution in [-0.2, 0) is 11.5 Å². The fourth-order valence-corrected chi connectivity index (χ4v) is 1.81. The minimum absolute atomic E-state index is 0.0820. The predicted octanol–water partition coefficient (Wildman–Crippen LogP) is 1.21. The van der Waals surface area contributed by atoms with Crippen LogP contribution < -0.4 is 16.0 Å². The zero-order chi connectivity index (χ0) is 15.2. The topological polar surface area (TPSA) is 73.3 Å². The first-order chi connectivity index (χ1) is 10.1. The lowest BCUT2D eigenvalue weighted by atomic mass is 10.2. The number of nitrogens with zero attached hydrogens (tertiary/aromatic N) is 1. The van der Waals surface area contributed by atoms with Crippen molar-refractivity contribution in [3.8, 4) is 5.75 Å². The Hall–Kier alpha value is -2.34. The van der Waals surface area contributed by atoms with E-state index in [1.165, 1.54) is 16.2 Å². The molecule has 1 aromatic heterocycles. The number of aromatic nitrogens is 2. The van der Waals surface area contributed by atoms with Crippen LogP contribution in [0.2, 0.25) is 0 Å². The van der Waals surface area contributed by atoms with Gasteiger partial charge in [-0.25, -0.2) is 4.79 Å². The Morgan fingerprint density at radius 3 is 2.48 bits per heavy atom. The molecule has 0 amide bonds. The van der Waals surface area contributed by atoms with Gasteiger partial charge in [-0.15, -0.1) is 0 Å².